The molecule has 105 heavy (non-hydrogen) atoms. The van der Waals surface area contributed by atoms with Gasteiger partial charge in [0.25, 0.3) is 0 Å². The Kier molecular flexibility index (Phi) is 28.4. The number of carbonyl (C=O) groups is 6. The van der Waals surface area contributed by atoms with Gasteiger partial charge in [-0.15, -0.1) is 0 Å². The number of ketones is 4. The zero-order chi connectivity index (χ0) is 76.6. The highest BCUT2D eigenvalue weighted by Gasteiger charge is 2.57. The lowest BCUT2D eigenvalue weighted by Gasteiger charge is -2.39. The van der Waals surface area contributed by atoms with Gasteiger partial charge in [-0.25, -0.2) is 0 Å². The standard InChI is InChI=1S/C23H28O6.C19H24O4.C18H21BrO4.C18H22O4.C5H5NO2/c1-6-9-27-22(25)18-12-23(21(28-13-29-23)16(4)20(18)24)15(3)10-17-8-7-14(2)19(11-17)26-5;1-12-5-6-15(10-17(12)21-4)9-13(2)19-8-7-16(20)14(3)18(19)22-11-23-19;1-11-4-5-13(9-15(11)21-3)8-12(2)18-7-6-14(20)16(19)17(18)22-10-23-18;1-12-4-5-14(9-16(12)20-3)8-13(2)18-7-6-15(19)10-17(18)21-11-22-18;1-3-4-8-5(7)6-2/h6-8,11,15,18H,1,9-10,12-13H2,2-5H3;5-6,10,13H,7-9,11H2,1-4H3;4-5,9,12H,6-8,10H2,1-3H3;4-5,9-10,13H,6-8,11H2,1-3H3;3H,1,4H2/t15?,18-,23-;13?,19-;12?,18-;13?,18-;/m1111./s1. The molecule has 8 aliphatic rings. The molecule has 4 aromatic carbocycles. The Bertz CT molecular complexity index is 3970. The van der Waals surface area contributed by atoms with Gasteiger partial charge in [0.05, 0.1) is 35.0 Å². The van der Waals surface area contributed by atoms with Gasteiger partial charge in [-0.3, -0.25) is 28.8 Å². The Balaban J connectivity index is 0.000000172. The molecule has 4 saturated heterocycles. The minimum absolute atomic E-state index is 0.0369. The van der Waals surface area contributed by atoms with E-state index < -0.39 is 40.4 Å². The summed E-state index contributed by atoms with van der Waals surface area (Å²) in [5, 5.41) is 0. The summed E-state index contributed by atoms with van der Waals surface area (Å²) in [7, 11) is 6.72. The van der Waals surface area contributed by atoms with Crippen LogP contribution in [0.25, 0.3) is 4.85 Å². The second kappa shape index (κ2) is 36.4. The Hall–Kier alpha value is -8.85. The number of Topliss-reactive ketones (excluding diaryl/α,β-unsaturated/α-hetero) is 3. The first kappa shape index (κ1) is 81.8. The third kappa shape index (κ3) is 18.3. The molecule has 564 valence electrons. The maximum absolute atomic E-state index is 12.8. The number of esters is 1. The number of hydrogen-bond donors (Lipinski definition) is 0. The van der Waals surface area contributed by atoms with E-state index in [0.29, 0.717) is 72.3 Å². The summed E-state index contributed by atoms with van der Waals surface area (Å²) in [5.41, 5.74) is 8.02. The van der Waals surface area contributed by atoms with Gasteiger partial charge in [0, 0.05) is 42.9 Å². The molecule has 0 radical (unpaired) electrons. The molecule has 0 saturated carbocycles. The first-order valence-corrected chi connectivity index (χ1v) is 36.2. The predicted molar refractivity (Wildman–Crippen MR) is 396 cm³/mol. The molecule has 4 aliphatic heterocycles. The SMILES string of the molecule is C=CCOC(=O)[C@@H]1C[C@]2(C(C)Cc3ccc(C)c(OC)c3)OCOC2=C(C)C1=O.COc1cc(CC(C)[C@]23CCC(=O)C(Br)=C2OCO3)ccc1C.COc1cc(CC(C)[C@]23CCC(=O)C(C)=C2OCO3)ccc1C.COc1cc(CC(C)[C@]23CCC(=O)C=C2OCO3)ccc1C.[C-]#[N+]C(=O)OCC=C. The number of halogens is 1. The number of ether oxygens (including phenoxy) is 14. The summed E-state index contributed by atoms with van der Waals surface area (Å²) in [4.78, 5) is 73.2. The van der Waals surface area contributed by atoms with Crippen LogP contribution in [0.1, 0.15) is 131 Å². The van der Waals surface area contributed by atoms with E-state index in [1.54, 1.807) is 41.4 Å². The number of amides is 1. The van der Waals surface area contributed by atoms with E-state index in [0.717, 1.165) is 81.4 Å². The van der Waals surface area contributed by atoms with Crippen LogP contribution in [0.15, 0.2) is 143 Å². The maximum atomic E-state index is 12.8. The molecule has 4 unspecified atom stereocenters. The molecule has 0 spiro atoms. The molecule has 22 heteroatoms. The van der Waals surface area contributed by atoms with Crippen molar-refractivity contribution in [2.24, 2.45) is 29.6 Å². The van der Waals surface area contributed by atoms with E-state index in [9.17, 15) is 28.8 Å². The van der Waals surface area contributed by atoms with E-state index in [4.69, 9.17) is 68.2 Å². The summed E-state index contributed by atoms with van der Waals surface area (Å²) in [5.74, 6) is 5.45. The lowest BCUT2D eigenvalue weighted by Crippen LogP contribution is -2.48. The van der Waals surface area contributed by atoms with E-state index in [1.165, 1.54) is 28.8 Å². The van der Waals surface area contributed by atoms with Crippen LogP contribution in [0.4, 0.5) is 4.79 Å². The van der Waals surface area contributed by atoms with Gasteiger partial charge in [-0.05, 0) is 195 Å². The highest BCUT2D eigenvalue weighted by Crippen LogP contribution is 2.51. The van der Waals surface area contributed by atoms with Crippen LogP contribution < -0.4 is 18.9 Å². The van der Waals surface area contributed by atoms with E-state index in [2.05, 4.69) is 127 Å². The number of benzene rings is 4. The maximum Gasteiger partial charge on any atom is 0.561 e. The van der Waals surface area contributed by atoms with Crippen molar-refractivity contribution in [1.29, 1.82) is 0 Å². The average Bonchev–Trinajstić information content (AvgIpc) is 1.66. The zero-order valence-corrected chi connectivity index (χ0v) is 64.6. The highest BCUT2D eigenvalue weighted by molar-refractivity contribution is 9.12. The molecule has 4 aromatic rings. The van der Waals surface area contributed by atoms with Gasteiger partial charge < -0.3 is 66.3 Å². The van der Waals surface area contributed by atoms with Gasteiger partial charge in [-0.1, -0.05) is 102 Å². The van der Waals surface area contributed by atoms with Crippen LogP contribution in [-0.2, 0) is 97.0 Å². The zero-order valence-electron chi connectivity index (χ0n) is 63.0. The molecule has 4 fully saturated rings. The van der Waals surface area contributed by atoms with E-state index >= 15 is 0 Å². The Labute approximate surface area is 625 Å². The van der Waals surface area contributed by atoms with Crippen molar-refractivity contribution in [3.05, 3.63) is 199 Å². The number of rotatable bonds is 21. The first-order chi connectivity index (χ1) is 50.1. The lowest BCUT2D eigenvalue weighted by atomic mass is 9.70. The molecule has 4 aliphatic carbocycles. The third-order valence-electron chi connectivity index (χ3n) is 21.2. The molecule has 12 rings (SSSR count). The number of hydrogen-bond acceptors (Lipinski definition) is 20. The summed E-state index contributed by atoms with van der Waals surface area (Å²) in [6.45, 7) is 34.0. The van der Waals surface area contributed by atoms with Gasteiger partial charge in [-0.2, -0.15) is 4.85 Å². The fraction of sp³-hybridized carbons (Fsp3) is 0.482. The van der Waals surface area contributed by atoms with Crippen molar-refractivity contribution in [3.63, 3.8) is 0 Å². The molecule has 0 aromatic heterocycles. The molecule has 21 nitrogen and oxygen atoms in total. The topological polar surface area (TPSA) is 236 Å². The lowest BCUT2D eigenvalue weighted by molar-refractivity contribution is -0.154. The molecule has 4 heterocycles. The predicted octanol–water partition coefficient (Wildman–Crippen LogP) is 15.4. The van der Waals surface area contributed by atoms with Crippen molar-refractivity contribution in [2.45, 2.75) is 162 Å². The molecular weight excluding hydrogens is 1410 g/mol. The number of fused-ring (bicyclic) bond motifs is 4. The second-order valence-corrected chi connectivity index (χ2v) is 28.5. The Morgan fingerprint density at radius 3 is 1.34 bits per heavy atom. The molecule has 9 atom stereocenters. The second-order valence-electron chi connectivity index (χ2n) is 27.7. The molecule has 0 bridgehead atoms. The summed E-state index contributed by atoms with van der Waals surface area (Å²) >= 11 is 3.39. The van der Waals surface area contributed by atoms with E-state index in [-0.39, 0.29) is 93.6 Å². The summed E-state index contributed by atoms with van der Waals surface area (Å²) < 4.78 is 78.2. The first-order valence-electron chi connectivity index (χ1n) is 35.4. The van der Waals surface area contributed by atoms with Crippen LogP contribution in [0, 0.1) is 63.9 Å². The van der Waals surface area contributed by atoms with Crippen molar-refractivity contribution in [2.75, 3.05) is 68.8 Å². The van der Waals surface area contributed by atoms with Gasteiger partial charge in [0.2, 0.25) is 0 Å². The minimum Gasteiger partial charge on any atom is -0.496 e. The van der Waals surface area contributed by atoms with Crippen molar-refractivity contribution < 1.29 is 95.1 Å². The number of nitrogens with zero attached hydrogens (tertiary/aromatic N) is 1. The van der Waals surface area contributed by atoms with E-state index in [1.807, 2.05) is 46.8 Å². The number of methoxy groups -OCH3 is 4. The number of allylic oxidation sites excluding steroid dienone is 4. The third-order valence-corrected chi connectivity index (χ3v) is 22.0. The van der Waals surface area contributed by atoms with Crippen molar-refractivity contribution in [3.8, 4) is 23.0 Å². The molecule has 1 amide bonds. The van der Waals surface area contributed by atoms with Crippen LogP contribution in [0.3, 0.4) is 0 Å². The highest BCUT2D eigenvalue weighted by atomic mass is 79.9. The smallest absolute Gasteiger partial charge is 0.496 e. The van der Waals surface area contributed by atoms with Crippen LogP contribution >= 0.6 is 15.9 Å². The summed E-state index contributed by atoms with van der Waals surface area (Å²) in [6, 6.07) is 24.9. The van der Waals surface area contributed by atoms with Crippen LogP contribution in [0.5, 0.6) is 23.0 Å². The molecular formula is C83H100BrNO20. The van der Waals surface area contributed by atoms with Crippen molar-refractivity contribution in [1.82, 2.24) is 0 Å². The van der Waals surface area contributed by atoms with Gasteiger partial charge >= 0.3 is 12.1 Å². The minimum atomic E-state index is -0.907. The fourth-order valence-electron chi connectivity index (χ4n) is 15.0. The van der Waals surface area contributed by atoms with Gasteiger partial charge in [0.1, 0.15) is 92.0 Å². The normalized spacial score (nSPS) is 23.6. The largest absolute Gasteiger partial charge is 0.561 e. The van der Waals surface area contributed by atoms with Crippen molar-refractivity contribution >= 4 is 51.1 Å². The fourth-order valence-corrected chi connectivity index (χ4v) is 15.7. The monoisotopic (exact) mass is 1510 g/mol. The summed E-state index contributed by atoms with van der Waals surface area (Å²) in [6.07, 6.45) is 10.6. The Morgan fingerprint density at radius 2 is 0.895 bits per heavy atom. The number of carbonyl (C=O) groups excluding carboxylic acids is 6. The molecule has 0 N–H and O–H groups in total. The van der Waals surface area contributed by atoms with Gasteiger partial charge in [0.15, 0.2) is 50.3 Å². The number of aryl methyl sites for hydroxylation is 4. The average molecular weight is 1510 g/mol. The van der Waals surface area contributed by atoms with Crippen LogP contribution in [0.2, 0.25) is 0 Å². The Morgan fingerprint density at radius 1 is 0.524 bits per heavy atom. The van der Waals surface area contributed by atoms with Crippen LogP contribution in [-0.4, -0.2) is 126 Å². The quantitative estimate of drug-likeness (QED) is 0.0326.